The highest BCUT2D eigenvalue weighted by molar-refractivity contribution is 7.90. The van der Waals surface area contributed by atoms with E-state index < -0.39 is 122 Å². The summed E-state index contributed by atoms with van der Waals surface area (Å²) in [4.78, 5) is 109. The summed E-state index contributed by atoms with van der Waals surface area (Å²) in [6.07, 6.45) is -5.82. The highest BCUT2D eigenvalue weighted by Crippen LogP contribution is 2.33. The molecule has 0 aliphatic carbocycles. The van der Waals surface area contributed by atoms with E-state index in [-0.39, 0.29) is 109 Å². The number of alkyl halides is 6. The molecule has 0 saturated carbocycles. The summed E-state index contributed by atoms with van der Waals surface area (Å²) in [6, 6.07) is 9.84. The number of anilines is 3. The molecule has 9 heterocycles. The molecule has 3 aromatic carbocycles. The standard InChI is InChI=1S/C20H19ClF4N6O4.C19H19ClF4N6O5S.C19H22ClFN6O5S/c1-29-17(32)16-12-9-30(19(34)27-10-2-3-14(22)13(21)6-10)5-4-15(12)28-31(16)8-11(35-29)7-26-18(33)20(23,24)25;1-28-17(31)16-12-9-29(18(32)26-10-2-3-14(21)13(20)6-10)5-4-15(12)27-30(16)8-11(35-28)7-25-36(33,34)19(22,23)24;1-25-18(28)17-13-10-26(19(29)23-11-3-4-15(21)14(20)7-11)6-5-16(13)24-27(17)9-12(32-25)8-22-33(2,30)31/h2-3,6,11H,4-5,7-9H2,1H3,(H,26,33)(H,27,34);2-3,6,11,25H,4-5,7-9H2,1H3,(H,26,32);3-4,7,12,22H,5-6,8-10H2,1-2H3,(H,23,29). The third-order valence-electron chi connectivity index (χ3n) is 16.3. The van der Waals surface area contributed by atoms with Crippen LogP contribution >= 0.6 is 34.8 Å². The van der Waals surface area contributed by atoms with Crippen molar-refractivity contribution in [1.29, 1.82) is 0 Å². The Morgan fingerprint density at radius 2 is 0.817 bits per heavy atom. The van der Waals surface area contributed by atoms with Gasteiger partial charge >= 0.3 is 45.7 Å². The smallest absolute Gasteiger partial charge is 0.345 e. The first-order valence-electron chi connectivity index (χ1n) is 30.7. The lowest BCUT2D eigenvalue weighted by molar-refractivity contribution is -0.177. The predicted molar refractivity (Wildman–Crippen MR) is 346 cm³/mol. The Morgan fingerprint density at radius 1 is 0.510 bits per heavy atom. The topological polar surface area (TPSA) is 361 Å². The quantitative estimate of drug-likeness (QED) is 0.0857. The fourth-order valence-corrected chi connectivity index (χ4v) is 12.9. The second-order valence-corrected chi connectivity index (χ2v) is 28.6. The first-order valence-corrected chi connectivity index (χ1v) is 35.2. The number of hydrogen-bond donors (Lipinski definition) is 6. The van der Waals surface area contributed by atoms with Gasteiger partial charge in [-0.2, -0.15) is 41.6 Å². The molecule has 3 unspecified atom stereocenters. The first kappa shape index (κ1) is 77.5. The van der Waals surface area contributed by atoms with Crippen LogP contribution in [0.3, 0.4) is 0 Å². The number of sulfonamides is 2. The number of amides is 10. The number of hydroxylamine groups is 6. The van der Waals surface area contributed by atoms with Gasteiger partial charge in [-0.05, 0) is 54.6 Å². The second kappa shape index (κ2) is 30.9. The number of carbonyl (C=O) groups is 7. The summed E-state index contributed by atoms with van der Waals surface area (Å²) in [6.45, 7) is -0.452. The first-order chi connectivity index (χ1) is 48.7. The van der Waals surface area contributed by atoms with E-state index in [1.165, 1.54) is 91.0 Å². The van der Waals surface area contributed by atoms with Gasteiger partial charge in [0.25, 0.3) is 17.7 Å². The minimum atomic E-state index is -5.61. The molecule has 12 rings (SSSR count). The average molecular weight is 1570 g/mol. The summed E-state index contributed by atoms with van der Waals surface area (Å²) in [7, 11) is -5.08. The third-order valence-corrected chi connectivity index (χ3v) is 19.0. The van der Waals surface area contributed by atoms with Crippen molar-refractivity contribution < 1.29 is 104 Å². The van der Waals surface area contributed by atoms with E-state index in [1.54, 1.807) is 5.32 Å². The maximum Gasteiger partial charge on any atom is 0.511 e. The molecule has 562 valence electrons. The van der Waals surface area contributed by atoms with E-state index >= 15 is 0 Å². The van der Waals surface area contributed by atoms with Crippen LogP contribution in [-0.4, -0.2) is 214 Å². The monoisotopic (exact) mass is 1570 g/mol. The van der Waals surface area contributed by atoms with Crippen molar-refractivity contribution in [3.8, 4) is 0 Å². The summed E-state index contributed by atoms with van der Waals surface area (Å²) in [5.41, 5.74) is -0.851. The number of nitrogens with one attached hydrogen (secondary N) is 6. The van der Waals surface area contributed by atoms with Crippen molar-refractivity contribution in [3.63, 3.8) is 0 Å². The molecule has 32 nitrogen and oxygen atoms in total. The number of nitrogens with zero attached hydrogens (tertiary/aromatic N) is 12. The molecule has 6 aliphatic rings. The van der Waals surface area contributed by atoms with Crippen molar-refractivity contribution in [3.05, 3.63) is 138 Å². The SMILES string of the molecule is CN1OC(CNC(=O)C(F)(F)F)Cn2nc3c(c2C1=O)CN(C(=O)Nc1ccc(F)c(Cl)c1)CC3.CN1OC(CNS(=O)(=O)C(F)(F)F)Cn2nc3c(c2C1=O)CN(C(=O)Nc1ccc(F)c(Cl)c1)CC3.CN1OC(CNS(C)(=O)=O)Cn2nc3c(c2C1=O)CN(C(=O)Nc1ccc(F)c(Cl)c1)CC3. The molecular formula is C58H60Cl3F9N18O14S2. The molecule has 6 aliphatic heterocycles. The molecular weight excluding hydrogens is 1510 g/mol. The Labute approximate surface area is 598 Å². The normalized spacial score (nSPS) is 18.3. The minimum absolute atomic E-state index is 0.0175. The number of benzene rings is 3. The lowest BCUT2D eigenvalue weighted by Crippen LogP contribution is -2.44. The lowest BCUT2D eigenvalue weighted by Gasteiger charge is -2.27. The Kier molecular flexibility index (Phi) is 23.1. The van der Waals surface area contributed by atoms with Gasteiger partial charge in [-0.15, -0.1) is 0 Å². The fourth-order valence-electron chi connectivity index (χ4n) is 11.3. The highest BCUT2D eigenvalue weighted by atomic mass is 35.5. The average Bonchev–Trinajstić information content (AvgIpc) is 1.63. The Hall–Kier alpha value is -9.08. The van der Waals surface area contributed by atoms with Crippen LogP contribution in [0.15, 0.2) is 54.6 Å². The van der Waals surface area contributed by atoms with E-state index in [9.17, 15) is 89.9 Å². The summed E-state index contributed by atoms with van der Waals surface area (Å²) >= 11 is 17.3. The van der Waals surface area contributed by atoms with Crippen molar-refractivity contribution in [2.24, 2.45) is 0 Å². The maximum absolute atomic E-state index is 13.4. The zero-order valence-electron chi connectivity index (χ0n) is 54.5. The highest BCUT2D eigenvalue weighted by Gasteiger charge is 2.47. The van der Waals surface area contributed by atoms with E-state index in [0.717, 1.165) is 39.6 Å². The Bertz CT molecular complexity index is 4630. The second-order valence-electron chi connectivity index (χ2n) is 23.8. The molecule has 3 atom stereocenters. The van der Waals surface area contributed by atoms with E-state index in [0.29, 0.717) is 58.8 Å². The van der Waals surface area contributed by atoms with Crippen LogP contribution in [0.1, 0.15) is 65.2 Å². The lowest BCUT2D eigenvalue weighted by atomic mass is 10.1. The Morgan fingerprint density at radius 3 is 1.11 bits per heavy atom. The van der Waals surface area contributed by atoms with Gasteiger partial charge in [0, 0.05) is 113 Å². The summed E-state index contributed by atoms with van der Waals surface area (Å²) in [5, 5.41) is 25.2. The van der Waals surface area contributed by atoms with Crippen LogP contribution < -0.4 is 30.7 Å². The number of hydrogen-bond acceptors (Lipinski definition) is 17. The molecule has 0 fully saturated rings. The molecule has 3 aromatic heterocycles. The van der Waals surface area contributed by atoms with Gasteiger partial charge in [0.2, 0.25) is 10.0 Å². The van der Waals surface area contributed by atoms with Crippen LogP contribution in [0.5, 0.6) is 0 Å². The van der Waals surface area contributed by atoms with Gasteiger partial charge in [-0.3, -0.25) is 47.7 Å². The Balaban J connectivity index is 0.000000168. The van der Waals surface area contributed by atoms with E-state index in [1.807, 2.05) is 0 Å². The zero-order valence-corrected chi connectivity index (χ0v) is 58.4. The number of rotatable bonds is 11. The molecule has 6 N–H and O–H groups in total. The van der Waals surface area contributed by atoms with Gasteiger partial charge in [0.15, 0.2) is 0 Å². The maximum atomic E-state index is 13.4. The van der Waals surface area contributed by atoms with Crippen LogP contribution in [0, 0.1) is 17.5 Å². The fraction of sp³-hybridized carbons (Fsp3) is 0.414. The van der Waals surface area contributed by atoms with Gasteiger partial charge in [-0.25, -0.2) is 69.0 Å². The summed E-state index contributed by atoms with van der Waals surface area (Å²) in [5.74, 6) is -5.70. The molecule has 6 aromatic rings. The third kappa shape index (κ3) is 18.0. The zero-order chi connectivity index (χ0) is 75.8. The molecule has 10 amide bonds. The molecule has 0 bridgehead atoms. The van der Waals surface area contributed by atoms with Gasteiger partial charge in [-0.1, -0.05) is 34.8 Å². The van der Waals surface area contributed by atoms with Crippen molar-refractivity contribution >= 4 is 114 Å². The number of urea groups is 3. The van der Waals surface area contributed by atoms with Crippen LogP contribution in [0.25, 0.3) is 0 Å². The van der Waals surface area contributed by atoms with Crippen LogP contribution in [-0.2, 0) is 97.9 Å². The number of carbonyl (C=O) groups excluding carboxylic acids is 7. The molecule has 0 saturated heterocycles. The van der Waals surface area contributed by atoms with Crippen molar-refractivity contribution in [1.82, 2.24) is 74.0 Å². The van der Waals surface area contributed by atoms with Gasteiger partial charge < -0.3 is 36.0 Å². The van der Waals surface area contributed by atoms with Gasteiger partial charge in [0.1, 0.15) is 52.8 Å². The van der Waals surface area contributed by atoms with E-state index in [2.05, 4.69) is 36.0 Å². The number of fused-ring (bicyclic) bond motifs is 9. The summed E-state index contributed by atoms with van der Waals surface area (Å²) < 4.78 is 169. The molecule has 46 heteroatoms. The van der Waals surface area contributed by atoms with Crippen molar-refractivity contribution in [2.75, 3.05) is 82.6 Å². The van der Waals surface area contributed by atoms with Crippen LogP contribution in [0.2, 0.25) is 15.1 Å². The molecule has 0 radical (unpaired) electrons. The molecule has 104 heavy (non-hydrogen) atoms. The number of aromatic nitrogens is 6. The number of halogens is 12. The van der Waals surface area contributed by atoms with Crippen molar-refractivity contribution in [2.45, 2.75) is 88.5 Å². The largest absolute Gasteiger partial charge is 0.511 e. The molecule has 0 spiro atoms. The predicted octanol–water partition coefficient (Wildman–Crippen LogP) is 5.62. The van der Waals surface area contributed by atoms with Crippen LogP contribution in [0.4, 0.5) is 71.0 Å². The van der Waals surface area contributed by atoms with Gasteiger partial charge in [0.05, 0.1) is 77.7 Å². The van der Waals surface area contributed by atoms with E-state index in [4.69, 9.17) is 49.3 Å². The minimum Gasteiger partial charge on any atom is -0.345 e.